The summed E-state index contributed by atoms with van der Waals surface area (Å²) in [5.74, 6) is -1.90. The van der Waals surface area contributed by atoms with Crippen molar-refractivity contribution >= 4 is 11.9 Å². The second-order valence-corrected chi connectivity index (χ2v) is 7.70. The van der Waals surface area contributed by atoms with Crippen LogP contribution in [0.4, 0.5) is 4.39 Å². The highest BCUT2D eigenvalue weighted by Crippen LogP contribution is 2.43. The molecule has 1 aromatic heterocycles. The minimum atomic E-state index is -0.889. The summed E-state index contributed by atoms with van der Waals surface area (Å²) in [5.41, 5.74) is 2.15. The SMILES string of the molecule is CN1C(=O)C[C@@H](C(=O)O)C12CCN(Cc1cn[nH]c1-c1ccc(F)cc1)CC2. The highest BCUT2D eigenvalue weighted by molar-refractivity contribution is 5.88. The largest absolute Gasteiger partial charge is 0.481 e. The van der Waals surface area contributed by atoms with Crippen molar-refractivity contribution in [3.63, 3.8) is 0 Å². The van der Waals surface area contributed by atoms with Gasteiger partial charge in [0.05, 0.1) is 23.3 Å². The molecule has 3 heterocycles. The maximum atomic E-state index is 13.2. The van der Waals surface area contributed by atoms with Crippen LogP contribution in [0, 0.1) is 11.7 Å². The molecule has 2 aliphatic heterocycles. The molecular formula is C20H23FN4O3. The zero-order chi connectivity index (χ0) is 19.9. The molecule has 0 unspecified atom stereocenters. The number of carboxylic acid groups (broad SMARTS) is 1. The Hall–Kier alpha value is -2.74. The van der Waals surface area contributed by atoms with E-state index in [1.807, 2.05) is 0 Å². The van der Waals surface area contributed by atoms with Crippen LogP contribution in [0.5, 0.6) is 0 Å². The number of carboxylic acids is 1. The fourth-order valence-electron chi connectivity index (χ4n) is 4.62. The lowest BCUT2D eigenvalue weighted by molar-refractivity contribution is -0.146. The molecule has 2 N–H and O–H groups in total. The number of nitrogens with zero attached hydrogens (tertiary/aromatic N) is 3. The number of carbonyl (C=O) groups is 2. The van der Waals surface area contributed by atoms with E-state index in [-0.39, 0.29) is 18.1 Å². The number of aromatic amines is 1. The Morgan fingerprint density at radius 3 is 2.64 bits per heavy atom. The number of aliphatic carboxylic acids is 1. The van der Waals surface area contributed by atoms with Crippen LogP contribution in [-0.4, -0.2) is 62.7 Å². The number of hydrogen-bond acceptors (Lipinski definition) is 4. The standard InChI is InChI=1S/C20H23FN4O3/c1-24-17(26)10-16(19(27)28)20(24)6-8-25(9-7-20)12-14-11-22-23-18(14)13-2-4-15(21)5-3-13/h2-5,11,16H,6-10,12H2,1H3,(H,22,23)(H,27,28)/t16-/m0/s1. The molecule has 0 radical (unpaired) electrons. The molecule has 4 rings (SSSR count). The van der Waals surface area contributed by atoms with E-state index < -0.39 is 17.4 Å². The summed E-state index contributed by atoms with van der Waals surface area (Å²) in [6, 6.07) is 6.27. The van der Waals surface area contributed by atoms with Crippen molar-refractivity contribution in [2.24, 2.45) is 5.92 Å². The molecule has 2 aromatic rings. The first-order valence-electron chi connectivity index (χ1n) is 9.41. The van der Waals surface area contributed by atoms with Gasteiger partial charge in [-0.3, -0.25) is 19.6 Å². The number of rotatable bonds is 4. The average Bonchev–Trinajstić information content (AvgIpc) is 3.23. The molecule has 28 heavy (non-hydrogen) atoms. The van der Waals surface area contributed by atoms with E-state index in [9.17, 15) is 19.1 Å². The first-order valence-corrected chi connectivity index (χ1v) is 9.41. The predicted octanol–water partition coefficient (Wildman–Crippen LogP) is 2.11. The summed E-state index contributed by atoms with van der Waals surface area (Å²) in [4.78, 5) is 27.7. The Kier molecular flexibility index (Phi) is 4.66. The highest BCUT2D eigenvalue weighted by atomic mass is 19.1. The number of benzene rings is 1. The second kappa shape index (κ2) is 7.01. The van der Waals surface area contributed by atoms with Crippen molar-refractivity contribution in [2.45, 2.75) is 31.3 Å². The Balaban J connectivity index is 1.47. The summed E-state index contributed by atoms with van der Waals surface area (Å²) in [7, 11) is 1.73. The summed E-state index contributed by atoms with van der Waals surface area (Å²) >= 11 is 0. The molecule has 1 aromatic carbocycles. The normalized spacial score (nSPS) is 22.1. The molecule has 1 amide bonds. The Morgan fingerprint density at radius 2 is 2.00 bits per heavy atom. The lowest BCUT2D eigenvalue weighted by Crippen LogP contribution is -2.55. The number of piperidine rings is 1. The van der Waals surface area contributed by atoms with Crippen molar-refractivity contribution in [1.29, 1.82) is 0 Å². The van der Waals surface area contributed by atoms with Gasteiger partial charge in [0.25, 0.3) is 0 Å². The maximum Gasteiger partial charge on any atom is 0.309 e. The molecule has 8 heteroatoms. The number of hydrogen-bond donors (Lipinski definition) is 2. The second-order valence-electron chi connectivity index (χ2n) is 7.70. The number of amides is 1. The van der Waals surface area contributed by atoms with Crippen LogP contribution < -0.4 is 0 Å². The quantitative estimate of drug-likeness (QED) is 0.840. The van der Waals surface area contributed by atoms with Gasteiger partial charge >= 0.3 is 5.97 Å². The van der Waals surface area contributed by atoms with Crippen molar-refractivity contribution in [3.05, 3.63) is 41.8 Å². The van der Waals surface area contributed by atoms with Gasteiger partial charge in [-0.15, -0.1) is 0 Å². The molecule has 0 aliphatic carbocycles. The molecule has 0 bridgehead atoms. The molecule has 2 fully saturated rings. The summed E-state index contributed by atoms with van der Waals surface area (Å²) in [5, 5.41) is 16.7. The Labute approximate surface area is 162 Å². The molecular weight excluding hydrogens is 363 g/mol. The van der Waals surface area contributed by atoms with Gasteiger partial charge < -0.3 is 10.0 Å². The van der Waals surface area contributed by atoms with Gasteiger partial charge in [0, 0.05) is 44.2 Å². The van der Waals surface area contributed by atoms with E-state index in [1.165, 1.54) is 12.1 Å². The third-order valence-corrected chi connectivity index (χ3v) is 6.33. The molecule has 2 aliphatic rings. The number of nitrogens with one attached hydrogen (secondary N) is 1. The van der Waals surface area contributed by atoms with Crippen LogP contribution in [0.3, 0.4) is 0 Å². The van der Waals surface area contributed by atoms with Crippen molar-refractivity contribution in [1.82, 2.24) is 20.0 Å². The third kappa shape index (κ3) is 3.07. The van der Waals surface area contributed by atoms with E-state index in [0.29, 0.717) is 32.5 Å². The monoisotopic (exact) mass is 386 g/mol. The zero-order valence-corrected chi connectivity index (χ0v) is 15.7. The Bertz CT molecular complexity index is 887. The number of H-pyrrole nitrogens is 1. The van der Waals surface area contributed by atoms with Crippen molar-refractivity contribution in [2.75, 3.05) is 20.1 Å². The smallest absolute Gasteiger partial charge is 0.309 e. The van der Waals surface area contributed by atoms with Crippen LogP contribution in [0.15, 0.2) is 30.5 Å². The summed E-state index contributed by atoms with van der Waals surface area (Å²) < 4.78 is 13.2. The van der Waals surface area contributed by atoms with Gasteiger partial charge in [-0.1, -0.05) is 0 Å². The molecule has 1 atom stereocenters. The van der Waals surface area contributed by atoms with E-state index in [1.54, 1.807) is 30.3 Å². The van der Waals surface area contributed by atoms with Gasteiger partial charge in [-0.25, -0.2) is 4.39 Å². The lowest BCUT2D eigenvalue weighted by Gasteiger charge is -2.45. The first-order chi connectivity index (χ1) is 13.4. The van der Waals surface area contributed by atoms with Gasteiger partial charge in [0.2, 0.25) is 5.91 Å². The lowest BCUT2D eigenvalue weighted by atomic mass is 9.77. The number of halogens is 1. The number of likely N-dealkylation sites (tertiary alicyclic amines) is 2. The van der Waals surface area contributed by atoms with Gasteiger partial charge in [-0.2, -0.15) is 5.10 Å². The fourth-order valence-corrected chi connectivity index (χ4v) is 4.62. The summed E-state index contributed by atoms with van der Waals surface area (Å²) in [6.45, 7) is 2.07. The molecule has 148 valence electrons. The number of aromatic nitrogens is 2. The molecule has 0 saturated carbocycles. The first kappa shape index (κ1) is 18.6. The van der Waals surface area contributed by atoms with Gasteiger partial charge in [0.1, 0.15) is 5.82 Å². The zero-order valence-electron chi connectivity index (χ0n) is 15.7. The van der Waals surface area contributed by atoms with Gasteiger partial charge in [-0.05, 0) is 37.1 Å². The Morgan fingerprint density at radius 1 is 1.32 bits per heavy atom. The fraction of sp³-hybridized carbons (Fsp3) is 0.450. The van der Waals surface area contributed by atoms with Gasteiger partial charge in [0.15, 0.2) is 0 Å². The topological polar surface area (TPSA) is 89.5 Å². The predicted molar refractivity (Wildman–Crippen MR) is 99.7 cm³/mol. The van der Waals surface area contributed by atoms with Crippen LogP contribution in [0.2, 0.25) is 0 Å². The van der Waals surface area contributed by atoms with Crippen LogP contribution in [-0.2, 0) is 16.1 Å². The third-order valence-electron chi connectivity index (χ3n) is 6.33. The number of carbonyl (C=O) groups excluding carboxylic acids is 1. The minimum Gasteiger partial charge on any atom is -0.481 e. The van der Waals surface area contributed by atoms with Crippen molar-refractivity contribution < 1.29 is 19.1 Å². The maximum absolute atomic E-state index is 13.2. The molecule has 1 spiro atoms. The van der Waals surface area contributed by atoms with Crippen LogP contribution >= 0.6 is 0 Å². The van der Waals surface area contributed by atoms with E-state index in [0.717, 1.165) is 16.8 Å². The average molecular weight is 386 g/mol. The van der Waals surface area contributed by atoms with Crippen LogP contribution in [0.25, 0.3) is 11.3 Å². The molecule has 7 nitrogen and oxygen atoms in total. The van der Waals surface area contributed by atoms with E-state index in [4.69, 9.17) is 0 Å². The molecule has 2 saturated heterocycles. The summed E-state index contributed by atoms with van der Waals surface area (Å²) in [6.07, 6.45) is 3.13. The minimum absolute atomic E-state index is 0.0856. The van der Waals surface area contributed by atoms with Crippen molar-refractivity contribution in [3.8, 4) is 11.3 Å². The van der Waals surface area contributed by atoms with Crippen LogP contribution in [0.1, 0.15) is 24.8 Å². The van der Waals surface area contributed by atoms with E-state index >= 15 is 0 Å². The highest BCUT2D eigenvalue weighted by Gasteiger charge is 2.55. The van der Waals surface area contributed by atoms with E-state index in [2.05, 4.69) is 15.1 Å².